The quantitative estimate of drug-likeness (QED) is 0.681. The fourth-order valence-electron chi connectivity index (χ4n) is 2.26. The van der Waals surface area contributed by atoms with Gasteiger partial charge in [-0.15, -0.1) is 23.1 Å². The van der Waals surface area contributed by atoms with Gasteiger partial charge in [-0.3, -0.25) is 0 Å². The van der Waals surface area contributed by atoms with Gasteiger partial charge in [0.2, 0.25) is 0 Å². The lowest BCUT2D eigenvalue weighted by molar-refractivity contribution is 0.206. The van der Waals surface area contributed by atoms with Crippen molar-refractivity contribution in [2.45, 2.75) is 17.9 Å². The number of aliphatic hydroxyl groups excluding tert-OH is 1. The zero-order valence-electron chi connectivity index (χ0n) is 11.2. The summed E-state index contributed by atoms with van der Waals surface area (Å²) in [7, 11) is 0. The molecule has 1 heterocycles. The van der Waals surface area contributed by atoms with Gasteiger partial charge in [-0.25, -0.2) is 0 Å². The van der Waals surface area contributed by atoms with Gasteiger partial charge in [-0.2, -0.15) is 0 Å². The monoisotopic (exact) mass is 300 g/mol. The van der Waals surface area contributed by atoms with Crippen LogP contribution in [0, 0.1) is 6.92 Å². The molecule has 3 rings (SSSR count). The molecule has 20 heavy (non-hydrogen) atoms. The van der Waals surface area contributed by atoms with Gasteiger partial charge < -0.3 is 5.11 Å². The molecule has 0 aliphatic rings. The Kier molecular flexibility index (Phi) is 4.10. The molecule has 1 nitrogen and oxygen atoms in total. The van der Waals surface area contributed by atoms with Gasteiger partial charge in [0, 0.05) is 15.3 Å². The fraction of sp³-hybridized carbons (Fsp3) is 0.176. The molecule has 0 spiro atoms. The van der Waals surface area contributed by atoms with Crippen LogP contribution in [0.5, 0.6) is 0 Å². The van der Waals surface area contributed by atoms with Crippen LogP contribution in [-0.2, 0) is 0 Å². The minimum atomic E-state index is -0.429. The standard InChI is InChI=1S/C17H16OS2/c1-12-5-2-3-8-16(12)20-11-15(18)14-7-4-6-13-9-10-19-17(13)14/h2-10,15,18H,11H2,1H3. The molecule has 0 radical (unpaired) electrons. The summed E-state index contributed by atoms with van der Waals surface area (Å²) in [5.41, 5.74) is 2.30. The maximum absolute atomic E-state index is 10.5. The van der Waals surface area contributed by atoms with Crippen LogP contribution in [0.2, 0.25) is 0 Å². The predicted octanol–water partition coefficient (Wildman–Crippen LogP) is 5.04. The molecule has 1 aromatic heterocycles. The molecule has 0 fully saturated rings. The van der Waals surface area contributed by atoms with E-state index in [0.29, 0.717) is 5.75 Å². The first-order valence-electron chi connectivity index (χ1n) is 6.58. The third kappa shape index (κ3) is 2.75. The minimum Gasteiger partial charge on any atom is -0.387 e. The summed E-state index contributed by atoms with van der Waals surface area (Å²) in [4.78, 5) is 1.24. The van der Waals surface area contributed by atoms with E-state index in [-0.39, 0.29) is 0 Å². The summed E-state index contributed by atoms with van der Waals surface area (Å²) < 4.78 is 1.20. The van der Waals surface area contributed by atoms with Crippen LogP contribution in [0.1, 0.15) is 17.2 Å². The first-order chi connectivity index (χ1) is 9.75. The average molecular weight is 300 g/mol. The van der Waals surface area contributed by atoms with Gasteiger partial charge in [0.25, 0.3) is 0 Å². The molecule has 2 aromatic carbocycles. The maximum Gasteiger partial charge on any atom is 0.0897 e. The number of aliphatic hydroxyl groups is 1. The first-order valence-corrected chi connectivity index (χ1v) is 8.45. The lowest BCUT2D eigenvalue weighted by Crippen LogP contribution is -2.00. The van der Waals surface area contributed by atoms with Crippen LogP contribution in [0.3, 0.4) is 0 Å². The van der Waals surface area contributed by atoms with Crippen molar-refractivity contribution in [3.8, 4) is 0 Å². The van der Waals surface area contributed by atoms with Crippen molar-refractivity contribution in [1.82, 2.24) is 0 Å². The zero-order chi connectivity index (χ0) is 13.9. The predicted molar refractivity (Wildman–Crippen MR) is 88.7 cm³/mol. The van der Waals surface area contributed by atoms with Crippen LogP contribution >= 0.6 is 23.1 Å². The molecular formula is C17H16OS2. The molecule has 1 unspecified atom stereocenters. The molecule has 0 bridgehead atoms. The number of aryl methyl sites for hydroxylation is 1. The Morgan fingerprint density at radius 3 is 2.80 bits per heavy atom. The molecule has 0 aliphatic heterocycles. The highest BCUT2D eigenvalue weighted by Gasteiger charge is 2.13. The van der Waals surface area contributed by atoms with E-state index >= 15 is 0 Å². The van der Waals surface area contributed by atoms with Crippen LogP contribution in [0.4, 0.5) is 0 Å². The number of hydrogen-bond donors (Lipinski definition) is 1. The smallest absolute Gasteiger partial charge is 0.0897 e. The van der Waals surface area contributed by atoms with Crippen molar-refractivity contribution in [2.24, 2.45) is 0 Å². The molecule has 1 atom stereocenters. The van der Waals surface area contributed by atoms with Crippen molar-refractivity contribution in [1.29, 1.82) is 0 Å². The number of thioether (sulfide) groups is 1. The summed E-state index contributed by atoms with van der Waals surface area (Å²) in [6.45, 7) is 2.11. The third-order valence-electron chi connectivity index (χ3n) is 3.36. The normalized spacial score (nSPS) is 12.7. The Balaban J connectivity index is 1.78. The SMILES string of the molecule is Cc1ccccc1SCC(O)c1cccc2ccsc12. The van der Waals surface area contributed by atoms with Gasteiger partial charge in [0.05, 0.1) is 6.10 Å². The highest BCUT2D eigenvalue weighted by atomic mass is 32.2. The lowest BCUT2D eigenvalue weighted by atomic mass is 10.1. The Morgan fingerprint density at radius 2 is 1.95 bits per heavy atom. The highest BCUT2D eigenvalue weighted by Crippen LogP contribution is 2.32. The first kappa shape index (κ1) is 13.7. The number of fused-ring (bicyclic) bond motifs is 1. The molecule has 3 aromatic rings. The Bertz CT molecular complexity index is 718. The molecule has 0 aliphatic carbocycles. The van der Waals surface area contributed by atoms with Gasteiger partial charge in [-0.1, -0.05) is 36.4 Å². The Morgan fingerprint density at radius 1 is 1.10 bits per heavy atom. The molecule has 0 saturated carbocycles. The summed E-state index contributed by atoms with van der Waals surface area (Å²) in [5.74, 6) is 0.682. The molecular weight excluding hydrogens is 284 g/mol. The second-order valence-electron chi connectivity index (χ2n) is 4.78. The van der Waals surface area contributed by atoms with E-state index in [1.165, 1.54) is 20.5 Å². The molecule has 102 valence electrons. The van der Waals surface area contributed by atoms with Crippen molar-refractivity contribution in [3.05, 3.63) is 65.0 Å². The summed E-state index contributed by atoms with van der Waals surface area (Å²) >= 11 is 3.41. The largest absolute Gasteiger partial charge is 0.387 e. The fourth-order valence-corrected chi connectivity index (χ4v) is 4.21. The zero-order valence-corrected chi connectivity index (χ0v) is 12.9. The molecule has 0 saturated heterocycles. The second kappa shape index (κ2) is 6.00. The third-order valence-corrected chi connectivity index (χ3v) is 5.59. The van der Waals surface area contributed by atoms with Gasteiger partial charge >= 0.3 is 0 Å². The van der Waals surface area contributed by atoms with E-state index in [4.69, 9.17) is 0 Å². The lowest BCUT2D eigenvalue weighted by Gasteiger charge is -2.12. The highest BCUT2D eigenvalue weighted by molar-refractivity contribution is 7.99. The van der Waals surface area contributed by atoms with Crippen LogP contribution in [0.15, 0.2) is 58.8 Å². The van der Waals surface area contributed by atoms with E-state index in [1.54, 1.807) is 23.1 Å². The van der Waals surface area contributed by atoms with Gasteiger partial charge in [0.15, 0.2) is 0 Å². The van der Waals surface area contributed by atoms with Gasteiger partial charge in [0.1, 0.15) is 0 Å². The number of benzene rings is 2. The summed E-state index contributed by atoms with van der Waals surface area (Å²) in [5, 5.41) is 13.8. The number of rotatable bonds is 4. The van der Waals surface area contributed by atoms with Crippen LogP contribution < -0.4 is 0 Å². The summed E-state index contributed by atoms with van der Waals surface area (Å²) in [6, 6.07) is 16.5. The Labute approximate surface area is 127 Å². The van der Waals surface area contributed by atoms with Crippen LogP contribution in [-0.4, -0.2) is 10.9 Å². The average Bonchev–Trinajstić information content (AvgIpc) is 2.94. The Hall–Kier alpha value is -1.29. The maximum atomic E-state index is 10.5. The van der Waals surface area contributed by atoms with E-state index in [9.17, 15) is 5.11 Å². The second-order valence-corrected chi connectivity index (χ2v) is 6.76. The van der Waals surface area contributed by atoms with Crippen LogP contribution in [0.25, 0.3) is 10.1 Å². The summed E-state index contributed by atoms with van der Waals surface area (Å²) in [6.07, 6.45) is -0.429. The van der Waals surface area contributed by atoms with E-state index in [1.807, 2.05) is 24.3 Å². The number of hydrogen-bond acceptors (Lipinski definition) is 3. The topological polar surface area (TPSA) is 20.2 Å². The van der Waals surface area contributed by atoms with Crippen molar-refractivity contribution < 1.29 is 5.11 Å². The molecule has 1 N–H and O–H groups in total. The van der Waals surface area contributed by atoms with E-state index in [2.05, 4.69) is 36.6 Å². The molecule has 3 heteroatoms. The minimum absolute atomic E-state index is 0.429. The van der Waals surface area contributed by atoms with Crippen molar-refractivity contribution in [3.63, 3.8) is 0 Å². The van der Waals surface area contributed by atoms with E-state index in [0.717, 1.165) is 5.56 Å². The van der Waals surface area contributed by atoms with Gasteiger partial charge in [-0.05, 0) is 40.9 Å². The van der Waals surface area contributed by atoms with Crippen molar-refractivity contribution in [2.75, 3.05) is 5.75 Å². The van der Waals surface area contributed by atoms with Crippen molar-refractivity contribution >= 4 is 33.2 Å². The van der Waals surface area contributed by atoms with E-state index < -0.39 is 6.10 Å². The number of thiophene rings is 1. The molecule has 0 amide bonds.